The Morgan fingerprint density at radius 2 is 2.18 bits per heavy atom. The average Bonchev–Trinajstić information content (AvgIpc) is 2.33. The fraction of sp³-hybridized carbons (Fsp3) is 0.500. The average molecular weight is 255 g/mol. The first kappa shape index (κ1) is 12.3. The van der Waals surface area contributed by atoms with Crippen LogP contribution in [0.1, 0.15) is 20.8 Å². The van der Waals surface area contributed by atoms with Gasteiger partial charge in [-0.2, -0.15) is 4.00 Å². The molecule has 0 aliphatic carbocycles. The molecule has 92 valence electrons. The number of quaternary nitrogens is 1. The predicted octanol–water partition coefficient (Wildman–Crippen LogP) is 2.32. The lowest BCUT2D eigenvalue weighted by Gasteiger charge is -2.43. The topological polar surface area (TPSA) is 33.2 Å². The zero-order valence-electron chi connectivity index (χ0n) is 10.5. The summed E-state index contributed by atoms with van der Waals surface area (Å²) in [6.07, 6.45) is 3.41. The van der Waals surface area contributed by atoms with Gasteiger partial charge in [0, 0.05) is 19.3 Å². The molecule has 0 bridgehead atoms. The third-order valence-electron chi connectivity index (χ3n) is 3.51. The van der Waals surface area contributed by atoms with E-state index in [1.165, 1.54) is 0 Å². The van der Waals surface area contributed by atoms with E-state index in [2.05, 4.69) is 4.98 Å². The molecule has 1 aliphatic heterocycles. The number of amides is 1. The fourth-order valence-corrected chi connectivity index (χ4v) is 2.65. The number of carbonyl (C=O) groups excluding carboxylic acids is 1. The lowest BCUT2D eigenvalue weighted by molar-refractivity contribution is -0.122. The molecule has 0 spiro atoms. The van der Waals surface area contributed by atoms with Gasteiger partial charge in [-0.15, -0.1) is 0 Å². The van der Waals surface area contributed by atoms with Crippen LogP contribution < -0.4 is 8.90 Å². The molecule has 2 rings (SSSR count). The highest BCUT2D eigenvalue weighted by atomic mass is 35.5. The second-order valence-corrected chi connectivity index (χ2v) is 5.28. The minimum absolute atomic E-state index is 0.0224. The van der Waals surface area contributed by atoms with Crippen molar-refractivity contribution >= 4 is 29.1 Å². The normalized spacial score (nSPS) is 28.5. The number of fused-ring (bicyclic) bond motifs is 1. The van der Waals surface area contributed by atoms with Gasteiger partial charge in [-0.25, -0.2) is 0 Å². The lowest BCUT2D eigenvalue weighted by atomic mass is 10.1. The molecule has 0 saturated carbocycles. The Morgan fingerprint density at radius 3 is 2.76 bits per heavy atom. The standard InChI is InChI=1S/C12H17ClN3O/c1-8(2)16(13)9(3)12(17)15(4)10-7-14-6-5-11(10)16/h5-9H,1-4H3/q+1/t9-,16?/m1/s1. The summed E-state index contributed by atoms with van der Waals surface area (Å²) in [6, 6.07) is 1.71. The zero-order valence-corrected chi connectivity index (χ0v) is 11.3. The van der Waals surface area contributed by atoms with Crippen LogP contribution in [0.5, 0.6) is 0 Å². The molecule has 0 saturated heterocycles. The summed E-state index contributed by atoms with van der Waals surface area (Å²) in [4.78, 5) is 17.9. The van der Waals surface area contributed by atoms with Crippen molar-refractivity contribution in [3.05, 3.63) is 18.5 Å². The Hall–Kier alpha value is -1.13. The van der Waals surface area contributed by atoms with Crippen LogP contribution in [0.4, 0.5) is 11.4 Å². The van der Waals surface area contributed by atoms with Crippen LogP contribution in [-0.4, -0.2) is 30.0 Å². The fourth-order valence-electron chi connectivity index (χ4n) is 2.42. The van der Waals surface area contributed by atoms with Gasteiger partial charge in [-0.05, 0) is 20.8 Å². The number of pyridine rings is 1. The van der Waals surface area contributed by atoms with E-state index in [9.17, 15) is 4.79 Å². The molecule has 0 fully saturated rings. The molecule has 0 radical (unpaired) electrons. The van der Waals surface area contributed by atoms with E-state index >= 15 is 0 Å². The zero-order chi connectivity index (χ0) is 12.8. The Morgan fingerprint density at radius 1 is 1.53 bits per heavy atom. The molecule has 2 heterocycles. The smallest absolute Gasteiger partial charge is 0.287 e. The highest BCUT2D eigenvalue weighted by Gasteiger charge is 2.50. The SMILES string of the molecule is CC(C)[N+]1(Cl)c2ccncc2N(C)C(=O)[C@H]1C. The van der Waals surface area contributed by atoms with Crippen LogP contribution in [-0.2, 0) is 4.79 Å². The second kappa shape index (κ2) is 3.96. The second-order valence-electron chi connectivity index (χ2n) is 4.72. The molecule has 0 aromatic carbocycles. The molecule has 2 atom stereocenters. The van der Waals surface area contributed by atoms with Gasteiger partial charge < -0.3 is 4.90 Å². The van der Waals surface area contributed by atoms with Gasteiger partial charge in [-0.3, -0.25) is 9.78 Å². The van der Waals surface area contributed by atoms with Gasteiger partial charge in [-0.1, -0.05) is 0 Å². The van der Waals surface area contributed by atoms with Crippen molar-refractivity contribution in [2.24, 2.45) is 0 Å². The van der Waals surface area contributed by atoms with E-state index in [0.29, 0.717) is 0 Å². The molecule has 5 heteroatoms. The third-order valence-corrected chi connectivity index (χ3v) is 4.38. The molecule has 17 heavy (non-hydrogen) atoms. The van der Waals surface area contributed by atoms with Crippen LogP contribution in [0.3, 0.4) is 0 Å². The van der Waals surface area contributed by atoms with Gasteiger partial charge in [0.25, 0.3) is 5.91 Å². The number of rotatable bonds is 1. The van der Waals surface area contributed by atoms with E-state index in [1.54, 1.807) is 24.3 Å². The molecule has 1 aromatic rings. The van der Waals surface area contributed by atoms with Crippen molar-refractivity contribution in [1.29, 1.82) is 0 Å². The number of likely N-dealkylation sites (N-methyl/N-ethyl adjacent to an activating group) is 1. The number of nitrogens with zero attached hydrogens (tertiary/aromatic N) is 3. The maximum absolute atomic E-state index is 12.2. The van der Waals surface area contributed by atoms with Crippen molar-refractivity contribution in [3.8, 4) is 0 Å². The Balaban J connectivity index is 2.69. The van der Waals surface area contributed by atoms with E-state index < -0.39 is 0 Å². The summed E-state index contributed by atoms with van der Waals surface area (Å²) in [5.74, 6) is 0.0224. The number of anilines is 1. The Labute approximate surface area is 107 Å². The third kappa shape index (κ3) is 1.55. The number of hydrogen-bond acceptors (Lipinski definition) is 2. The molecule has 1 unspecified atom stereocenters. The van der Waals surface area contributed by atoms with Gasteiger partial charge in [0.15, 0.2) is 23.5 Å². The van der Waals surface area contributed by atoms with Crippen LogP contribution in [0.15, 0.2) is 18.5 Å². The minimum atomic E-state index is -0.295. The molecule has 1 aliphatic rings. The van der Waals surface area contributed by atoms with Crippen LogP contribution >= 0.6 is 11.8 Å². The predicted molar refractivity (Wildman–Crippen MR) is 69.9 cm³/mol. The van der Waals surface area contributed by atoms with Gasteiger partial charge in [0.1, 0.15) is 11.7 Å². The summed E-state index contributed by atoms with van der Waals surface area (Å²) in [7, 11) is 1.76. The highest BCUT2D eigenvalue weighted by Crippen LogP contribution is 2.43. The Kier molecular flexibility index (Phi) is 2.87. The number of halogens is 1. The van der Waals surface area contributed by atoms with Crippen LogP contribution in [0.25, 0.3) is 0 Å². The monoisotopic (exact) mass is 254 g/mol. The number of carbonyl (C=O) groups is 1. The summed E-state index contributed by atoms with van der Waals surface area (Å²) < 4.78 is 0.112. The van der Waals surface area contributed by atoms with Crippen molar-refractivity contribution in [2.45, 2.75) is 32.9 Å². The van der Waals surface area contributed by atoms with E-state index in [0.717, 1.165) is 11.4 Å². The van der Waals surface area contributed by atoms with Crippen LogP contribution in [0, 0.1) is 0 Å². The summed E-state index contributed by atoms with van der Waals surface area (Å²) in [6.45, 7) is 5.91. The molecule has 4 nitrogen and oxygen atoms in total. The summed E-state index contributed by atoms with van der Waals surface area (Å²) >= 11 is 6.71. The Bertz CT molecular complexity index is 463. The van der Waals surface area contributed by atoms with Gasteiger partial charge >= 0.3 is 0 Å². The van der Waals surface area contributed by atoms with Crippen molar-refractivity contribution in [2.75, 3.05) is 11.9 Å². The van der Waals surface area contributed by atoms with Crippen molar-refractivity contribution < 1.29 is 4.79 Å². The number of aromatic nitrogens is 1. The van der Waals surface area contributed by atoms with Crippen LogP contribution in [0.2, 0.25) is 0 Å². The maximum Gasteiger partial charge on any atom is 0.287 e. The van der Waals surface area contributed by atoms with Gasteiger partial charge in [0.2, 0.25) is 0 Å². The molecular weight excluding hydrogens is 238 g/mol. The van der Waals surface area contributed by atoms with E-state index in [4.69, 9.17) is 11.8 Å². The van der Waals surface area contributed by atoms with Crippen molar-refractivity contribution in [3.63, 3.8) is 0 Å². The minimum Gasteiger partial charge on any atom is -0.304 e. The van der Waals surface area contributed by atoms with E-state index in [1.807, 2.05) is 26.8 Å². The lowest BCUT2D eigenvalue weighted by Crippen LogP contribution is -2.62. The highest BCUT2D eigenvalue weighted by molar-refractivity contribution is 6.26. The van der Waals surface area contributed by atoms with Crippen molar-refractivity contribution in [1.82, 2.24) is 8.99 Å². The first-order valence-corrected chi connectivity index (χ1v) is 6.04. The summed E-state index contributed by atoms with van der Waals surface area (Å²) in [5, 5.41) is 0. The largest absolute Gasteiger partial charge is 0.304 e. The van der Waals surface area contributed by atoms with E-state index in [-0.39, 0.29) is 22.0 Å². The quantitative estimate of drug-likeness (QED) is 0.721. The molecule has 1 aromatic heterocycles. The molecule has 1 amide bonds. The number of hydrogen-bond donors (Lipinski definition) is 0. The maximum atomic E-state index is 12.2. The first-order chi connectivity index (χ1) is 7.90. The van der Waals surface area contributed by atoms with Gasteiger partial charge in [0.05, 0.1) is 6.20 Å². The molecular formula is C12H17ClN3O+. The first-order valence-electron chi connectivity index (χ1n) is 5.71. The summed E-state index contributed by atoms with van der Waals surface area (Å²) in [5.41, 5.74) is 1.73. The molecule has 0 N–H and O–H groups in total.